The van der Waals surface area contributed by atoms with Crippen LogP contribution in [0.25, 0.3) is 0 Å². The van der Waals surface area contributed by atoms with Gasteiger partial charge in [-0.15, -0.1) is 11.8 Å². The third kappa shape index (κ3) is 3.43. The number of aryl methyl sites for hydroxylation is 1. The monoisotopic (exact) mass is 346 g/mol. The number of nitrogens with zero attached hydrogens (tertiary/aromatic N) is 2. The molecule has 0 aliphatic heterocycles. The number of benzene rings is 1. The first-order valence-corrected chi connectivity index (χ1v) is 7.29. The zero-order valence-electron chi connectivity index (χ0n) is 9.45. The van der Waals surface area contributed by atoms with Crippen LogP contribution in [-0.2, 0) is 5.75 Å². The second-order valence-corrected chi connectivity index (χ2v) is 5.77. The van der Waals surface area contributed by atoms with Crippen molar-refractivity contribution in [3.05, 3.63) is 51.2 Å². The molecular formula is C12H9BrClFN2S. The topological polar surface area (TPSA) is 25.8 Å². The van der Waals surface area contributed by atoms with E-state index in [0.29, 0.717) is 16.7 Å². The Morgan fingerprint density at radius 1 is 1.28 bits per heavy atom. The van der Waals surface area contributed by atoms with Gasteiger partial charge in [-0.2, -0.15) is 0 Å². The van der Waals surface area contributed by atoms with Crippen molar-refractivity contribution in [1.29, 1.82) is 0 Å². The number of aromatic nitrogens is 2. The van der Waals surface area contributed by atoms with E-state index in [1.54, 1.807) is 12.1 Å². The second-order valence-electron chi connectivity index (χ2n) is 3.57. The van der Waals surface area contributed by atoms with E-state index in [0.717, 1.165) is 15.1 Å². The largest absolute Gasteiger partial charge is 0.236 e. The molecule has 0 aliphatic carbocycles. The Morgan fingerprint density at radius 3 is 2.56 bits per heavy atom. The third-order valence-electron chi connectivity index (χ3n) is 2.20. The molecule has 2 nitrogen and oxygen atoms in total. The molecule has 2 rings (SSSR count). The van der Waals surface area contributed by atoms with Crippen LogP contribution < -0.4 is 0 Å². The summed E-state index contributed by atoms with van der Waals surface area (Å²) in [5, 5.41) is 0.414. The van der Waals surface area contributed by atoms with Gasteiger partial charge in [0.15, 0.2) is 0 Å². The molecule has 0 aliphatic rings. The highest BCUT2D eigenvalue weighted by molar-refractivity contribution is 9.10. The molecule has 0 bridgehead atoms. The highest BCUT2D eigenvalue weighted by Gasteiger charge is 2.07. The lowest BCUT2D eigenvalue weighted by Crippen LogP contribution is -1.97. The van der Waals surface area contributed by atoms with Gasteiger partial charge >= 0.3 is 0 Å². The quantitative estimate of drug-likeness (QED) is 0.598. The van der Waals surface area contributed by atoms with Crippen LogP contribution in [0.2, 0.25) is 5.15 Å². The maximum atomic E-state index is 12.7. The first-order chi connectivity index (χ1) is 8.56. The van der Waals surface area contributed by atoms with E-state index < -0.39 is 0 Å². The lowest BCUT2D eigenvalue weighted by atomic mass is 10.4. The minimum Gasteiger partial charge on any atom is -0.236 e. The van der Waals surface area contributed by atoms with Gasteiger partial charge in [-0.05, 0) is 47.1 Å². The molecule has 0 amide bonds. The van der Waals surface area contributed by atoms with Crippen molar-refractivity contribution in [2.75, 3.05) is 0 Å². The van der Waals surface area contributed by atoms with Gasteiger partial charge in [0.05, 0.1) is 15.9 Å². The summed E-state index contributed by atoms with van der Waals surface area (Å²) >= 11 is 10.8. The van der Waals surface area contributed by atoms with Gasteiger partial charge in [-0.3, -0.25) is 0 Å². The molecule has 1 aromatic carbocycles. The van der Waals surface area contributed by atoms with Crippen LogP contribution in [0.3, 0.4) is 0 Å². The summed E-state index contributed by atoms with van der Waals surface area (Å²) in [6.07, 6.45) is 0. The predicted octanol–water partition coefficient (Wildman–Crippen LogP) is 4.63. The molecule has 0 saturated heterocycles. The average Bonchev–Trinajstić information content (AvgIpc) is 2.35. The maximum Gasteiger partial charge on any atom is 0.147 e. The van der Waals surface area contributed by atoms with Gasteiger partial charge in [0.2, 0.25) is 0 Å². The van der Waals surface area contributed by atoms with Gasteiger partial charge in [0, 0.05) is 4.90 Å². The van der Waals surface area contributed by atoms with Gasteiger partial charge in [-0.25, -0.2) is 14.4 Å². The molecule has 0 spiro atoms. The van der Waals surface area contributed by atoms with Crippen LogP contribution in [0.4, 0.5) is 4.39 Å². The molecular weight excluding hydrogens is 339 g/mol. The van der Waals surface area contributed by atoms with Crippen molar-refractivity contribution in [1.82, 2.24) is 9.97 Å². The summed E-state index contributed by atoms with van der Waals surface area (Å²) < 4.78 is 13.5. The van der Waals surface area contributed by atoms with E-state index >= 15 is 0 Å². The average molecular weight is 348 g/mol. The molecule has 0 saturated carbocycles. The van der Waals surface area contributed by atoms with E-state index in [2.05, 4.69) is 25.9 Å². The third-order valence-corrected chi connectivity index (χ3v) is 4.66. The number of hydrogen-bond donors (Lipinski definition) is 0. The van der Waals surface area contributed by atoms with Crippen LogP contribution in [0, 0.1) is 12.7 Å². The Morgan fingerprint density at radius 2 is 1.94 bits per heavy atom. The lowest BCUT2D eigenvalue weighted by molar-refractivity contribution is 0.626. The van der Waals surface area contributed by atoms with Crippen LogP contribution in [0.5, 0.6) is 0 Å². The molecule has 0 fully saturated rings. The smallest absolute Gasteiger partial charge is 0.147 e. The van der Waals surface area contributed by atoms with Gasteiger partial charge in [0.1, 0.15) is 16.8 Å². The van der Waals surface area contributed by atoms with Gasteiger partial charge < -0.3 is 0 Å². The zero-order valence-corrected chi connectivity index (χ0v) is 12.6. The maximum absolute atomic E-state index is 12.7. The Balaban J connectivity index is 2.08. The molecule has 6 heteroatoms. The Hall–Kier alpha value is -0.650. The standard InChI is InChI=1S/C12H9BrClFN2S/c1-7-11(13)12(14)17-10(16-7)6-18-9-4-2-8(15)3-5-9/h2-5H,6H2,1H3. The summed E-state index contributed by atoms with van der Waals surface area (Å²) in [5.74, 6) is 1.02. The van der Waals surface area contributed by atoms with Crippen LogP contribution in [0.15, 0.2) is 33.6 Å². The second kappa shape index (κ2) is 5.99. The van der Waals surface area contributed by atoms with Crippen LogP contribution in [-0.4, -0.2) is 9.97 Å². The highest BCUT2D eigenvalue weighted by Crippen LogP contribution is 2.26. The minimum atomic E-state index is -0.238. The van der Waals surface area contributed by atoms with E-state index in [1.165, 1.54) is 23.9 Å². The van der Waals surface area contributed by atoms with Crippen molar-refractivity contribution >= 4 is 39.3 Å². The fourth-order valence-electron chi connectivity index (χ4n) is 1.32. The Labute approximate surface area is 122 Å². The van der Waals surface area contributed by atoms with Crippen molar-refractivity contribution in [2.24, 2.45) is 0 Å². The number of hydrogen-bond acceptors (Lipinski definition) is 3. The summed E-state index contributed by atoms with van der Waals surface area (Å²) in [4.78, 5) is 9.48. The van der Waals surface area contributed by atoms with Gasteiger partial charge in [0.25, 0.3) is 0 Å². The van der Waals surface area contributed by atoms with Crippen molar-refractivity contribution in [2.45, 2.75) is 17.6 Å². The molecule has 0 radical (unpaired) electrons. The van der Waals surface area contributed by atoms with Crippen molar-refractivity contribution in [3.8, 4) is 0 Å². The van der Waals surface area contributed by atoms with E-state index in [4.69, 9.17) is 11.6 Å². The fourth-order valence-corrected chi connectivity index (χ4v) is 2.49. The Bertz CT molecular complexity index is 539. The van der Waals surface area contributed by atoms with E-state index in [1.807, 2.05) is 6.92 Å². The summed E-state index contributed by atoms with van der Waals surface area (Å²) in [6, 6.07) is 6.33. The number of thioether (sulfide) groups is 1. The van der Waals surface area contributed by atoms with Crippen LogP contribution in [0.1, 0.15) is 11.5 Å². The van der Waals surface area contributed by atoms with E-state index in [9.17, 15) is 4.39 Å². The molecule has 2 aromatic rings. The molecule has 0 unspecified atom stereocenters. The van der Waals surface area contributed by atoms with Crippen molar-refractivity contribution < 1.29 is 4.39 Å². The molecule has 0 N–H and O–H groups in total. The van der Waals surface area contributed by atoms with Crippen molar-refractivity contribution in [3.63, 3.8) is 0 Å². The lowest BCUT2D eigenvalue weighted by Gasteiger charge is -2.05. The normalized spacial score (nSPS) is 10.7. The first-order valence-electron chi connectivity index (χ1n) is 5.13. The van der Waals surface area contributed by atoms with Gasteiger partial charge in [-0.1, -0.05) is 11.6 Å². The predicted molar refractivity (Wildman–Crippen MR) is 75.4 cm³/mol. The highest BCUT2D eigenvalue weighted by atomic mass is 79.9. The molecule has 1 heterocycles. The number of halogens is 3. The molecule has 18 heavy (non-hydrogen) atoms. The summed E-state index contributed by atoms with van der Waals surface area (Å²) in [5.41, 5.74) is 0.810. The fraction of sp³-hybridized carbons (Fsp3) is 0.167. The minimum absolute atomic E-state index is 0.238. The van der Waals surface area contributed by atoms with E-state index in [-0.39, 0.29) is 5.82 Å². The molecule has 94 valence electrons. The number of rotatable bonds is 3. The summed E-state index contributed by atoms with van der Waals surface area (Å²) in [6.45, 7) is 1.86. The molecule has 0 atom stereocenters. The zero-order chi connectivity index (χ0) is 13.1. The molecule has 1 aromatic heterocycles. The summed E-state index contributed by atoms with van der Waals surface area (Å²) in [7, 11) is 0. The Kier molecular flexibility index (Phi) is 4.59. The van der Waals surface area contributed by atoms with Crippen LogP contribution >= 0.6 is 39.3 Å². The first kappa shape index (κ1) is 13.8. The SMILES string of the molecule is Cc1nc(CSc2ccc(F)cc2)nc(Cl)c1Br.